The van der Waals surface area contributed by atoms with Crippen LogP contribution in [-0.2, 0) is 0 Å². The van der Waals surface area contributed by atoms with E-state index in [0.29, 0.717) is 0 Å². The Hall–Kier alpha value is -4.25. The van der Waals surface area contributed by atoms with Crippen LogP contribution in [0.25, 0.3) is 55.1 Å². The van der Waals surface area contributed by atoms with Gasteiger partial charge in [0.25, 0.3) is 0 Å². The van der Waals surface area contributed by atoms with Crippen LogP contribution < -0.4 is 0 Å². The molecule has 0 atom stereocenters. The quantitative estimate of drug-likeness (QED) is 0.207. The first kappa shape index (κ1) is 26.0. The van der Waals surface area contributed by atoms with Crippen molar-refractivity contribution in [2.75, 3.05) is 0 Å². The lowest BCUT2D eigenvalue weighted by Gasteiger charge is -2.25. The Labute approximate surface area is 240 Å². The predicted octanol–water partition coefficient (Wildman–Crippen LogP) is 11.8. The maximum atomic E-state index is 2.33. The highest BCUT2D eigenvalue weighted by atomic mass is 31.0. The van der Waals surface area contributed by atoms with Crippen LogP contribution in [0.4, 0.5) is 0 Å². The Bertz CT molecular complexity index is 1690. The fourth-order valence-electron chi connectivity index (χ4n) is 5.80. The van der Waals surface area contributed by atoms with Crippen LogP contribution in [-0.4, -0.2) is 0 Å². The minimum Gasteiger partial charge on any atom is -0.0622 e. The summed E-state index contributed by atoms with van der Waals surface area (Å²) >= 11 is 0. The molecule has 6 aromatic rings. The third-order valence-electron chi connectivity index (χ3n) is 7.66. The maximum absolute atomic E-state index is 2.33. The van der Waals surface area contributed by atoms with E-state index in [0.717, 1.165) is 0 Å². The molecule has 5 aromatic carbocycles. The highest BCUT2D eigenvalue weighted by Crippen LogP contribution is 2.55. The average molecular weight is 533 g/mol. The summed E-state index contributed by atoms with van der Waals surface area (Å²) in [6.45, 7) is 8.86. The molecule has 0 aliphatic carbocycles. The van der Waals surface area contributed by atoms with Crippen molar-refractivity contribution < 1.29 is 0 Å². The summed E-state index contributed by atoms with van der Waals surface area (Å²) in [5.74, 6) is 0. The van der Waals surface area contributed by atoms with Crippen LogP contribution in [0.2, 0.25) is 0 Å². The molecule has 0 spiro atoms. The molecule has 0 unspecified atom stereocenters. The first-order valence-corrected chi connectivity index (χ1v) is 14.8. The van der Waals surface area contributed by atoms with Crippen molar-refractivity contribution in [1.29, 1.82) is 0 Å². The molecule has 6 rings (SSSR count). The summed E-state index contributed by atoms with van der Waals surface area (Å²) < 4.78 is 0. The topological polar surface area (TPSA) is 0 Å². The van der Waals surface area contributed by atoms with Gasteiger partial charge in [0.05, 0.1) is 0 Å². The smallest absolute Gasteiger partial charge is 0.0184 e. The van der Waals surface area contributed by atoms with Crippen molar-refractivity contribution in [3.05, 3.63) is 150 Å². The van der Waals surface area contributed by atoms with E-state index in [1.807, 2.05) is 0 Å². The van der Waals surface area contributed by atoms with Crippen molar-refractivity contribution in [2.45, 2.75) is 27.7 Å². The van der Waals surface area contributed by atoms with Gasteiger partial charge in [-0.1, -0.05) is 147 Å². The molecule has 40 heavy (non-hydrogen) atoms. The fourth-order valence-corrected chi connectivity index (χ4v) is 7.47. The first-order valence-electron chi connectivity index (χ1n) is 13.9. The van der Waals surface area contributed by atoms with Gasteiger partial charge in [-0.2, -0.15) is 0 Å². The van der Waals surface area contributed by atoms with Crippen LogP contribution in [0.1, 0.15) is 22.3 Å². The second kappa shape index (κ2) is 11.1. The van der Waals surface area contributed by atoms with Crippen LogP contribution in [0.15, 0.2) is 127 Å². The molecule has 0 aliphatic rings. The Kier molecular flexibility index (Phi) is 7.21. The highest BCUT2D eigenvalue weighted by Gasteiger charge is 2.25. The zero-order valence-electron chi connectivity index (χ0n) is 23.6. The molecular formula is C39H33P. The number of aryl methyl sites for hydroxylation is 4. The van der Waals surface area contributed by atoms with Crippen molar-refractivity contribution in [3.63, 3.8) is 0 Å². The Balaban J connectivity index is 1.87. The zero-order valence-corrected chi connectivity index (χ0v) is 24.5. The number of hydrogen-bond acceptors (Lipinski definition) is 0. The summed E-state index contributed by atoms with van der Waals surface area (Å²) in [6.07, 6.45) is 0. The second-order valence-electron chi connectivity index (χ2n) is 10.7. The van der Waals surface area contributed by atoms with Crippen molar-refractivity contribution in [3.8, 4) is 55.1 Å². The minimum atomic E-state index is 1.21. The molecule has 1 aromatic heterocycles. The van der Waals surface area contributed by atoms with E-state index in [1.54, 1.807) is 0 Å². The third-order valence-corrected chi connectivity index (χ3v) is 9.03. The molecule has 0 N–H and O–H groups in total. The predicted molar refractivity (Wildman–Crippen MR) is 175 cm³/mol. The van der Waals surface area contributed by atoms with Crippen LogP contribution >= 0.6 is 8.19 Å². The largest absolute Gasteiger partial charge is 0.0622 e. The molecule has 1 heterocycles. The Morgan fingerprint density at radius 1 is 0.375 bits per heavy atom. The van der Waals surface area contributed by atoms with Gasteiger partial charge in [-0.25, -0.2) is 0 Å². The van der Waals surface area contributed by atoms with Crippen LogP contribution in [0, 0.1) is 27.7 Å². The molecule has 0 fully saturated rings. The van der Waals surface area contributed by atoms with Gasteiger partial charge in [-0.05, 0) is 72.2 Å². The van der Waals surface area contributed by atoms with Gasteiger partial charge in [0.1, 0.15) is 0 Å². The van der Waals surface area contributed by atoms with E-state index in [-0.39, 0.29) is 0 Å². The summed E-state index contributed by atoms with van der Waals surface area (Å²) in [5.41, 5.74) is 15.5. The average Bonchev–Trinajstić information content (AvgIpc) is 2.98. The molecular weight excluding hydrogens is 499 g/mol. The van der Waals surface area contributed by atoms with Gasteiger partial charge >= 0.3 is 0 Å². The lowest BCUT2D eigenvalue weighted by Crippen LogP contribution is -1.97. The fraction of sp³-hybridized carbons (Fsp3) is 0.103. The zero-order chi connectivity index (χ0) is 27.6. The third kappa shape index (κ3) is 4.92. The molecule has 0 saturated carbocycles. The lowest BCUT2D eigenvalue weighted by molar-refractivity contribution is 1.38. The number of hydrogen-bond donors (Lipinski definition) is 0. The van der Waals surface area contributed by atoms with Gasteiger partial charge in [0.2, 0.25) is 0 Å². The molecule has 1 heteroatoms. The Morgan fingerprint density at radius 3 is 1.07 bits per heavy atom. The van der Waals surface area contributed by atoms with Gasteiger partial charge < -0.3 is 0 Å². The lowest BCUT2D eigenvalue weighted by atomic mass is 9.85. The van der Waals surface area contributed by atoms with Crippen molar-refractivity contribution >= 4 is 8.19 Å². The van der Waals surface area contributed by atoms with E-state index in [1.165, 1.54) is 85.5 Å². The van der Waals surface area contributed by atoms with E-state index in [9.17, 15) is 0 Å². The van der Waals surface area contributed by atoms with Crippen molar-refractivity contribution in [1.82, 2.24) is 0 Å². The SMILES string of the molecule is Cc1ccc(-c2pc(-c3ccc(C)cc3C)c(-c3ccccc3)c(-c3ccccc3)c2-c2ccccc2)c(C)c1. The van der Waals surface area contributed by atoms with Crippen LogP contribution in [0.3, 0.4) is 0 Å². The Morgan fingerprint density at radius 2 is 0.725 bits per heavy atom. The monoisotopic (exact) mass is 532 g/mol. The highest BCUT2D eigenvalue weighted by molar-refractivity contribution is 7.38. The van der Waals surface area contributed by atoms with E-state index >= 15 is 0 Å². The summed E-state index contributed by atoms with van der Waals surface area (Å²) in [5, 5.41) is 2.72. The molecule has 0 nitrogen and oxygen atoms in total. The molecule has 0 aliphatic heterocycles. The molecule has 194 valence electrons. The molecule has 0 radical (unpaired) electrons. The molecule has 0 saturated heterocycles. The van der Waals surface area contributed by atoms with E-state index in [2.05, 4.69) is 155 Å². The number of rotatable bonds is 5. The van der Waals surface area contributed by atoms with Crippen molar-refractivity contribution in [2.24, 2.45) is 0 Å². The van der Waals surface area contributed by atoms with Gasteiger partial charge in [0, 0.05) is 21.7 Å². The van der Waals surface area contributed by atoms with Crippen LogP contribution in [0.5, 0.6) is 0 Å². The molecule has 0 amide bonds. The van der Waals surface area contributed by atoms with Gasteiger partial charge in [0.15, 0.2) is 0 Å². The minimum absolute atomic E-state index is 1.21. The van der Waals surface area contributed by atoms with Gasteiger partial charge in [-0.3, -0.25) is 0 Å². The maximum Gasteiger partial charge on any atom is 0.0184 e. The summed E-state index contributed by atoms with van der Waals surface area (Å²) in [7, 11) is 1.21. The summed E-state index contributed by atoms with van der Waals surface area (Å²) in [4.78, 5) is 0. The van der Waals surface area contributed by atoms with E-state index in [4.69, 9.17) is 0 Å². The summed E-state index contributed by atoms with van der Waals surface area (Å²) in [6, 6.07) is 46.7. The van der Waals surface area contributed by atoms with E-state index < -0.39 is 0 Å². The number of benzene rings is 5. The standard InChI is InChI=1S/C39H33P/c1-26-20-22-33(28(3)24-26)38-36(31-16-10-6-11-17-31)35(30-14-8-5-9-15-30)37(32-18-12-7-13-19-32)39(40-38)34-23-21-27(2)25-29(34)4/h5-25H,1-4H3. The first-order chi connectivity index (χ1) is 19.5. The normalized spacial score (nSPS) is 11.0. The molecule has 0 bridgehead atoms. The second-order valence-corrected chi connectivity index (χ2v) is 11.8. The van der Waals surface area contributed by atoms with Gasteiger partial charge in [-0.15, -0.1) is 0 Å².